The van der Waals surface area contributed by atoms with Crippen LogP contribution >= 0.6 is 0 Å². The lowest BCUT2D eigenvalue weighted by Crippen LogP contribution is -2.51. The van der Waals surface area contributed by atoms with Crippen molar-refractivity contribution < 1.29 is 17.6 Å². The first-order chi connectivity index (χ1) is 13.0. The zero-order valence-electron chi connectivity index (χ0n) is 15.5. The number of amides is 1. The van der Waals surface area contributed by atoms with Crippen LogP contribution in [0.4, 0.5) is 4.39 Å². The average molecular weight is 395 g/mol. The van der Waals surface area contributed by atoms with Crippen LogP contribution in [0.5, 0.6) is 0 Å². The predicted octanol–water partition coefficient (Wildman–Crippen LogP) is 3.38. The van der Waals surface area contributed by atoms with Crippen molar-refractivity contribution in [3.05, 3.63) is 41.7 Å². The van der Waals surface area contributed by atoms with Crippen molar-refractivity contribution >= 4 is 15.9 Å². The van der Waals surface area contributed by atoms with Gasteiger partial charge in [-0.15, -0.1) is 0 Å². The van der Waals surface area contributed by atoms with Crippen molar-refractivity contribution in [2.45, 2.75) is 62.3 Å². The number of nitrogens with one attached hydrogen (secondary N) is 1. The molecule has 1 aliphatic carbocycles. The van der Waals surface area contributed by atoms with E-state index in [1.165, 1.54) is 34.9 Å². The lowest BCUT2D eigenvalue weighted by atomic mass is 9.97. The standard InChI is InChI=1S/C20H27FN2O3S/c21-17-9-11-18(12-10-17)27(25,26)23-15-5-4-8-19(23)20(24)22-14-13-16-6-2-1-3-7-16/h6,9-12,19H,1-5,7-8,13-15H2,(H,22,24)/t19-/m0/s1. The van der Waals surface area contributed by atoms with E-state index in [0.29, 0.717) is 19.5 Å². The van der Waals surface area contributed by atoms with E-state index in [2.05, 4.69) is 11.4 Å². The topological polar surface area (TPSA) is 66.5 Å². The molecule has 0 saturated carbocycles. The van der Waals surface area contributed by atoms with Crippen LogP contribution in [0.3, 0.4) is 0 Å². The van der Waals surface area contributed by atoms with Crippen LogP contribution in [-0.2, 0) is 14.8 Å². The smallest absolute Gasteiger partial charge is 0.243 e. The van der Waals surface area contributed by atoms with Crippen LogP contribution in [0.25, 0.3) is 0 Å². The van der Waals surface area contributed by atoms with Gasteiger partial charge in [-0.1, -0.05) is 18.1 Å². The van der Waals surface area contributed by atoms with Crippen molar-refractivity contribution in [1.29, 1.82) is 0 Å². The van der Waals surface area contributed by atoms with Gasteiger partial charge in [0.15, 0.2) is 0 Å². The summed E-state index contributed by atoms with van der Waals surface area (Å²) in [5.41, 5.74) is 1.38. The molecule has 27 heavy (non-hydrogen) atoms. The fourth-order valence-electron chi connectivity index (χ4n) is 3.79. The summed E-state index contributed by atoms with van der Waals surface area (Å²) in [7, 11) is -3.82. The van der Waals surface area contributed by atoms with Gasteiger partial charge >= 0.3 is 0 Å². The summed E-state index contributed by atoms with van der Waals surface area (Å²) >= 11 is 0. The van der Waals surface area contributed by atoms with Crippen molar-refractivity contribution in [3.8, 4) is 0 Å². The molecule has 0 bridgehead atoms. The fourth-order valence-corrected chi connectivity index (χ4v) is 5.45. The Morgan fingerprint density at radius 3 is 2.63 bits per heavy atom. The Hall–Kier alpha value is -1.73. The van der Waals surface area contributed by atoms with Gasteiger partial charge in [-0.05, 0) is 69.2 Å². The second-order valence-corrected chi connectivity index (χ2v) is 9.12. The number of carbonyl (C=O) groups is 1. The number of rotatable bonds is 6. The summed E-state index contributed by atoms with van der Waals surface area (Å²) in [6, 6.07) is 4.07. The Balaban J connectivity index is 1.66. The monoisotopic (exact) mass is 394 g/mol. The third-order valence-electron chi connectivity index (χ3n) is 5.31. The minimum absolute atomic E-state index is 0.0240. The molecule has 3 rings (SSSR count). The Bertz CT molecular complexity index is 790. The minimum atomic E-state index is -3.82. The van der Waals surface area contributed by atoms with E-state index in [1.807, 2.05) is 0 Å². The molecular weight excluding hydrogens is 367 g/mol. The molecule has 1 aromatic carbocycles. The van der Waals surface area contributed by atoms with Crippen LogP contribution < -0.4 is 5.32 Å². The summed E-state index contributed by atoms with van der Waals surface area (Å²) in [6.07, 6.45) is 9.75. The fraction of sp³-hybridized carbons (Fsp3) is 0.550. The predicted molar refractivity (Wildman–Crippen MR) is 102 cm³/mol. The number of carbonyl (C=O) groups excluding carboxylic acids is 1. The van der Waals surface area contributed by atoms with Gasteiger partial charge in [-0.25, -0.2) is 12.8 Å². The maximum atomic E-state index is 13.1. The van der Waals surface area contributed by atoms with E-state index < -0.39 is 21.9 Å². The van der Waals surface area contributed by atoms with E-state index in [1.54, 1.807) is 0 Å². The van der Waals surface area contributed by atoms with Crippen LogP contribution in [0.15, 0.2) is 40.8 Å². The maximum absolute atomic E-state index is 13.1. The molecule has 1 amide bonds. The lowest BCUT2D eigenvalue weighted by molar-refractivity contribution is -0.125. The van der Waals surface area contributed by atoms with Crippen molar-refractivity contribution in [1.82, 2.24) is 9.62 Å². The molecule has 0 unspecified atom stereocenters. The number of sulfonamides is 1. The number of benzene rings is 1. The van der Waals surface area contributed by atoms with Crippen molar-refractivity contribution in [2.75, 3.05) is 13.1 Å². The number of hydrogen-bond donors (Lipinski definition) is 1. The number of nitrogens with zero attached hydrogens (tertiary/aromatic N) is 1. The lowest BCUT2D eigenvalue weighted by Gasteiger charge is -2.33. The molecule has 2 aliphatic rings. The molecule has 5 nitrogen and oxygen atoms in total. The molecule has 1 aromatic rings. The van der Waals surface area contributed by atoms with Crippen LogP contribution in [-0.4, -0.2) is 37.8 Å². The molecular formula is C20H27FN2O3S. The summed E-state index contributed by atoms with van der Waals surface area (Å²) in [6.45, 7) is 0.842. The molecule has 1 atom stereocenters. The molecule has 1 fully saturated rings. The first-order valence-electron chi connectivity index (χ1n) is 9.71. The molecule has 148 valence electrons. The van der Waals surface area contributed by atoms with Gasteiger partial charge in [-0.3, -0.25) is 4.79 Å². The maximum Gasteiger partial charge on any atom is 0.243 e. The number of hydrogen-bond acceptors (Lipinski definition) is 3. The second-order valence-electron chi connectivity index (χ2n) is 7.23. The molecule has 1 heterocycles. The van der Waals surface area contributed by atoms with Gasteiger partial charge < -0.3 is 5.32 Å². The molecule has 0 spiro atoms. The number of halogens is 1. The van der Waals surface area contributed by atoms with E-state index in [9.17, 15) is 17.6 Å². The van der Waals surface area contributed by atoms with E-state index in [0.717, 1.165) is 44.2 Å². The summed E-state index contributed by atoms with van der Waals surface area (Å²) in [5, 5.41) is 2.92. The molecule has 7 heteroatoms. The third kappa shape index (κ3) is 4.96. The van der Waals surface area contributed by atoms with Crippen LogP contribution in [0.2, 0.25) is 0 Å². The highest BCUT2D eigenvalue weighted by molar-refractivity contribution is 7.89. The van der Waals surface area contributed by atoms with Crippen molar-refractivity contribution in [2.24, 2.45) is 0 Å². The Labute approximate surface area is 160 Å². The number of piperidine rings is 1. The Morgan fingerprint density at radius 2 is 1.93 bits per heavy atom. The Morgan fingerprint density at radius 1 is 1.15 bits per heavy atom. The Kier molecular flexibility index (Phi) is 6.65. The van der Waals surface area contributed by atoms with Gasteiger partial charge in [0.25, 0.3) is 0 Å². The molecule has 0 radical (unpaired) electrons. The highest BCUT2D eigenvalue weighted by atomic mass is 32.2. The normalized spacial score (nSPS) is 21.5. The van der Waals surface area contributed by atoms with Gasteiger partial charge in [0.05, 0.1) is 4.90 Å². The summed E-state index contributed by atoms with van der Waals surface area (Å²) in [5.74, 6) is -0.726. The zero-order valence-corrected chi connectivity index (χ0v) is 16.3. The quantitative estimate of drug-likeness (QED) is 0.752. The molecule has 1 aliphatic heterocycles. The SMILES string of the molecule is O=C(NCCC1=CCCCC1)[C@@H]1CCCCN1S(=O)(=O)c1ccc(F)cc1. The molecule has 1 saturated heterocycles. The highest BCUT2D eigenvalue weighted by Crippen LogP contribution is 2.26. The second kappa shape index (κ2) is 8.97. The van der Waals surface area contributed by atoms with E-state index >= 15 is 0 Å². The van der Waals surface area contributed by atoms with Crippen LogP contribution in [0, 0.1) is 5.82 Å². The minimum Gasteiger partial charge on any atom is -0.354 e. The van der Waals surface area contributed by atoms with Crippen molar-refractivity contribution in [3.63, 3.8) is 0 Å². The number of allylic oxidation sites excluding steroid dienone is 1. The van der Waals surface area contributed by atoms with E-state index in [4.69, 9.17) is 0 Å². The van der Waals surface area contributed by atoms with Gasteiger partial charge in [-0.2, -0.15) is 4.31 Å². The van der Waals surface area contributed by atoms with Crippen LogP contribution in [0.1, 0.15) is 51.4 Å². The summed E-state index contributed by atoms with van der Waals surface area (Å²) in [4.78, 5) is 12.7. The third-order valence-corrected chi connectivity index (χ3v) is 7.23. The first-order valence-corrected chi connectivity index (χ1v) is 11.2. The van der Waals surface area contributed by atoms with Gasteiger partial charge in [0, 0.05) is 13.1 Å². The van der Waals surface area contributed by atoms with Gasteiger partial charge in [0.2, 0.25) is 15.9 Å². The zero-order chi connectivity index (χ0) is 19.3. The van der Waals surface area contributed by atoms with Gasteiger partial charge in [0.1, 0.15) is 11.9 Å². The average Bonchev–Trinajstić information content (AvgIpc) is 2.69. The summed E-state index contributed by atoms with van der Waals surface area (Å²) < 4.78 is 40.3. The highest BCUT2D eigenvalue weighted by Gasteiger charge is 2.37. The molecule has 0 aromatic heterocycles. The molecule has 1 N–H and O–H groups in total. The van der Waals surface area contributed by atoms with E-state index in [-0.39, 0.29) is 10.8 Å². The largest absolute Gasteiger partial charge is 0.354 e. The first kappa shape index (κ1) is 20.0.